The van der Waals surface area contributed by atoms with E-state index >= 15 is 0 Å². The second-order valence-electron chi connectivity index (χ2n) is 6.19. The van der Waals surface area contributed by atoms with Crippen LogP contribution >= 0.6 is 0 Å². The molecule has 0 saturated heterocycles. The first-order chi connectivity index (χ1) is 17.2. The van der Waals surface area contributed by atoms with E-state index in [2.05, 4.69) is 19.9 Å². The van der Waals surface area contributed by atoms with Crippen LogP contribution < -0.4 is 0 Å². The van der Waals surface area contributed by atoms with Crippen LogP contribution in [0.1, 0.15) is 41.4 Å². The molecule has 4 rings (SSSR count). The number of hydrogen-bond donors (Lipinski definition) is 4. The second-order valence-corrected chi connectivity index (χ2v) is 6.19. The molecule has 0 saturated carbocycles. The van der Waals surface area contributed by atoms with Crippen molar-refractivity contribution in [2.45, 2.75) is 0 Å². The van der Waals surface area contributed by atoms with Crippen molar-refractivity contribution in [1.82, 2.24) is 19.9 Å². The van der Waals surface area contributed by atoms with Crippen molar-refractivity contribution in [1.29, 1.82) is 0 Å². The van der Waals surface area contributed by atoms with E-state index in [-0.39, 0.29) is 58.8 Å². The van der Waals surface area contributed by atoms with Gasteiger partial charge in [-0.05, 0) is 48.5 Å². The van der Waals surface area contributed by atoms with E-state index in [1.54, 1.807) is 24.3 Å². The van der Waals surface area contributed by atoms with Crippen LogP contribution in [0.2, 0.25) is 0 Å². The summed E-state index contributed by atoms with van der Waals surface area (Å²) in [6.07, 6.45) is 11.4. The van der Waals surface area contributed by atoms with E-state index in [0.29, 0.717) is 0 Å². The SMILES string of the molecule is O=C(O)c1cccnc1.O=C(O)c1cccnc1.O=C(O)c1cccnc1.O=C(O)c1cccnc1.[Cu].[Zn]. The standard InChI is InChI=1S/4C6H5NO2.Cu.Zn/c4*8-6(9)5-2-1-3-7-4-5;;/h4*1-4H,(H,8,9);;. The van der Waals surface area contributed by atoms with Gasteiger partial charge in [-0.15, -0.1) is 0 Å². The zero-order chi connectivity index (χ0) is 26.8. The third-order valence-corrected chi connectivity index (χ3v) is 3.63. The molecule has 0 aromatic carbocycles. The molecule has 197 valence electrons. The number of hydrogen-bond acceptors (Lipinski definition) is 8. The summed E-state index contributed by atoms with van der Waals surface area (Å²) in [5.41, 5.74) is 0.880. The third-order valence-electron chi connectivity index (χ3n) is 3.63. The number of carboxylic acids is 4. The number of aromatic carboxylic acids is 4. The molecule has 0 spiro atoms. The van der Waals surface area contributed by atoms with Crippen LogP contribution in [-0.2, 0) is 36.5 Å². The van der Waals surface area contributed by atoms with Crippen molar-refractivity contribution < 1.29 is 76.2 Å². The molecule has 38 heavy (non-hydrogen) atoms. The Morgan fingerprint density at radius 3 is 0.711 bits per heavy atom. The molecule has 12 nitrogen and oxygen atoms in total. The summed E-state index contributed by atoms with van der Waals surface area (Å²) in [6.45, 7) is 0. The Balaban J connectivity index is 0. The van der Waals surface area contributed by atoms with Gasteiger partial charge in [0.25, 0.3) is 0 Å². The summed E-state index contributed by atoms with van der Waals surface area (Å²) < 4.78 is 0. The van der Waals surface area contributed by atoms with Gasteiger partial charge in [-0.25, -0.2) is 19.2 Å². The Kier molecular flexibility index (Phi) is 19.6. The molecule has 1 radical (unpaired) electrons. The van der Waals surface area contributed by atoms with E-state index < -0.39 is 23.9 Å². The molecule has 4 aromatic rings. The van der Waals surface area contributed by atoms with Crippen LogP contribution in [0.25, 0.3) is 0 Å². The molecule has 0 bridgehead atoms. The van der Waals surface area contributed by atoms with Crippen LogP contribution in [0.15, 0.2) is 98.1 Å². The summed E-state index contributed by atoms with van der Waals surface area (Å²) in [5.74, 6) is -3.77. The Labute approximate surface area is 239 Å². The fourth-order valence-electron chi connectivity index (χ4n) is 1.96. The van der Waals surface area contributed by atoms with Gasteiger partial charge in [-0.1, -0.05) is 0 Å². The largest absolute Gasteiger partial charge is 0.478 e. The molecule has 0 aliphatic rings. The molecule has 0 amide bonds. The number of carboxylic acid groups (broad SMARTS) is 4. The van der Waals surface area contributed by atoms with Gasteiger partial charge in [-0.2, -0.15) is 0 Å². The van der Waals surface area contributed by atoms with Gasteiger partial charge in [0.1, 0.15) is 0 Å². The van der Waals surface area contributed by atoms with Gasteiger partial charge in [0, 0.05) is 86.1 Å². The van der Waals surface area contributed by atoms with Crippen molar-refractivity contribution in [2.24, 2.45) is 0 Å². The predicted octanol–water partition coefficient (Wildman–Crippen LogP) is 3.11. The Bertz CT molecular complexity index is 1040. The van der Waals surface area contributed by atoms with Gasteiger partial charge >= 0.3 is 23.9 Å². The topological polar surface area (TPSA) is 201 Å². The fourth-order valence-corrected chi connectivity index (χ4v) is 1.96. The van der Waals surface area contributed by atoms with Gasteiger partial charge in [-0.3, -0.25) is 19.9 Å². The summed E-state index contributed by atoms with van der Waals surface area (Å²) in [4.78, 5) is 55.1. The van der Waals surface area contributed by atoms with Gasteiger partial charge in [0.15, 0.2) is 0 Å². The minimum Gasteiger partial charge on any atom is -0.478 e. The number of carbonyl (C=O) groups is 4. The molecule has 4 heterocycles. The summed E-state index contributed by atoms with van der Waals surface area (Å²) in [7, 11) is 0. The number of rotatable bonds is 4. The monoisotopic (exact) mass is 619 g/mol. The first-order valence-corrected chi connectivity index (χ1v) is 9.75. The molecule has 0 fully saturated rings. The van der Waals surface area contributed by atoms with Crippen LogP contribution in [0.3, 0.4) is 0 Å². The Morgan fingerprint density at radius 1 is 0.447 bits per heavy atom. The first-order valence-electron chi connectivity index (χ1n) is 9.75. The quantitative estimate of drug-likeness (QED) is 0.243. The second kappa shape index (κ2) is 20.8. The smallest absolute Gasteiger partial charge is 0.337 e. The molecular weight excluding hydrogens is 601 g/mol. The molecular formula is C24H20CuN4O8Zn. The number of nitrogens with zero attached hydrogens (tertiary/aromatic N) is 4. The van der Waals surface area contributed by atoms with Gasteiger partial charge < -0.3 is 20.4 Å². The van der Waals surface area contributed by atoms with Crippen molar-refractivity contribution in [2.75, 3.05) is 0 Å². The average Bonchev–Trinajstić information content (AvgIpc) is 2.92. The van der Waals surface area contributed by atoms with E-state index in [4.69, 9.17) is 20.4 Å². The molecule has 0 atom stereocenters. The van der Waals surface area contributed by atoms with E-state index in [1.165, 1.54) is 73.8 Å². The maximum atomic E-state index is 10.2. The minimum atomic E-state index is -0.942. The third kappa shape index (κ3) is 15.6. The molecule has 0 aliphatic carbocycles. The normalized spacial score (nSPS) is 8.42. The fraction of sp³-hybridized carbons (Fsp3) is 0. The summed E-state index contributed by atoms with van der Waals surface area (Å²) >= 11 is 0. The van der Waals surface area contributed by atoms with Crippen LogP contribution in [0, 0.1) is 0 Å². The summed E-state index contributed by atoms with van der Waals surface area (Å²) in [6, 6.07) is 12.3. The average molecular weight is 621 g/mol. The maximum absolute atomic E-state index is 10.2. The first kappa shape index (κ1) is 35.8. The van der Waals surface area contributed by atoms with E-state index in [0.717, 1.165) is 0 Å². The van der Waals surface area contributed by atoms with Crippen molar-refractivity contribution in [3.63, 3.8) is 0 Å². The molecule has 14 heteroatoms. The molecule has 4 N–H and O–H groups in total. The Hall–Kier alpha value is -4.38. The van der Waals surface area contributed by atoms with E-state index in [1.807, 2.05) is 0 Å². The van der Waals surface area contributed by atoms with Gasteiger partial charge in [0.05, 0.1) is 22.3 Å². The van der Waals surface area contributed by atoms with E-state index in [9.17, 15) is 19.2 Å². The van der Waals surface area contributed by atoms with Gasteiger partial charge in [0.2, 0.25) is 0 Å². The zero-order valence-corrected chi connectivity index (χ0v) is 23.4. The molecule has 0 unspecified atom stereocenters. The maximum Gasteiger partial charge on any atom is 0.337 e. The zero-order valence-electron chi connectivity index (χ0n) is 19.5. The van der Waals surface area contributed by atoms with Crippen LogP contribution in [0.5, 0.6) is 0 Å². The molecule has 0 aliphatic heterocycles. The van der Waals surface area contributed by atoms with Crippen molar-refractivity contribution in [3.05, 3.63) is 120 Å². The Morgan fingerprint density at radius 2 is 0.632 bits per heavy atom. The summed E-state index contributed by atoms with van der Waals surface area (Å²) in [5, 5.41) is 33.4. The van der Waals surface area contributed by atoms with Crippen molar-refractivity contribution in [3.8, 4) is 0 Å². The predicted molar refractivity (Wildman–Crippen MR) is 125 cm³/mol. The minimum absolute atomic E-state index is 0. The van der Waals surface area contributed by atoms with Crippen LogP contribution in [-0.4, -0.2) is 64.2 Å². The van der Waals surface area contributed by atoms with Crippen LogP contribution in [0.4, 0.5) is 0 Å². The molecule has 4 aromatic heterocycles. The number of pyridine rings is 4. The number of aromatic nitrogens is 4. The van der Waals surface area contributed by atoms with Crippen molar-refractivity contribution >= 4 is 23.9 Å².